The van der Waals surface area contributed by atoms with Crippen molar-refractivity contribution in [1.29, 1.82) is 0 Å². The van der Waals surface area contributed by atoms with Crippen molar-refractivity contribution >= 4 is 43.6 Å². The summed E-state index contributed by atoms with van der Waals surface area (Å²) in [6, 6.07) is 46.2. The Bertz CT molecular complexity index is 3210. The Kier molecular flexibility index (Phi) is 9.00. The maximum Gasteiger partial charge on any atom is 0.418 e. The van der Waals surface area contributed by atoms with Crippen molar-refractivity contribution < 1.29 is 26.3 Å². The lowest BCUT2D eigenvalue weighted by molar-refractivity contribution is -0.138. The number of alkyl halides is 6. The number of nitrogens with zero attached hydrogens (tertiary/aromatic N) is 2. The summed E-state index contributed by atoms with van der Waals surface area (Å²) in [6.07, 6.45) is -9.50. The first-order valence-electron chi connectivity index (χ1n) is 20.3. The molecule has 2 heterocycles. The summed E-state index contributed by atoms with van der Waals surface area (Å²) in [5, 5.41) is 3.10. The summed E-state index contributed by atoms with van der Waals surface area (Å²) < 4.78 is 94.5. The van der Waals surface area contributed by atoms with E-state index in [1.54, 1.807) is 33.4 Å². The SMILES string of the molecule is Cc1ccc(-c2ccc3c4ccccc4n(-c4cc(-c5ccc(C(F)(F)F)c(-n6c7ccccc7c7ccc(-c8ccc(C)cc8C)cc76)c5)ccc4C(F)(F)F)c3c2)c(C)c1. The standard InChI is InChI=1S/C54H38F6N2/c1-31-13-19-39(33(3)25-31)37-15-21-43-41-9-5-7-11-47(41)61(49(43)29-37)51-27-35(17-23-45(51)53(55,56)57)36-18-24-46(54(58,59)60)52(28-36)62-48-12-8-6-10-42(48)44-22-16-38(30-50(44)62)40-20-14-32(2)26-34(40)4/h5-30H,1-4H3. The van der Waals surface area contributed by atoms with Crippen LogP contribution >= 0.6 is 0 Å². The number of halogens is 6. The largest absolute Gasteiger partial charge is 0.418 e. The fourth-order valence-corrected chi connectivity index (χ4v) is 9.34. The van der Waals surface area contributed by atoms with Crippen molar-refractivity contribution in [3.8, 4) is 44.8 Å². The van der Waals surface area contributed by atoms with E-state index in [4.69, 9.17) is 0 Å². The molecule has 306 valence electrons. The second kappa shape index (κ2) is 14.3. The molecule has 0 amide bonds. The van der Waals surface area contributed by atoms with Gasteiger partial charge < -0.3 is 9.13 Å². The van der Waals surface area contributed by atoms with Crippen LogP contribution in [0.4, 0.5) is 26.3 Å². The molecule has 0 aliphatic carbocycles. The van der Waals surface area contributed by atoms with E-state index in [1.807, 2.05) is 113 Å². The van der Waals surface area contributed by atoms with Crippen LogP contribution in [0.2, 0.25) is 0 Å². The van der Waals surface area contributed by atoms with Gasteiger partial charge in [0.1, 0.15) is 0 Å². The van der Waals surface area contributed by atoms with Crippen LogP contribution in [0.15, 0.2) is 158 Å². The molecule has 0 bridgehead atoms. The molecule has 10 rings (SSSR count). The molecule has 0 radical (unpaired) electrons. The number of para-hydroxylation sites is 2. The van der Waals surface area contributed by atoms with Crippen LogP contribution < -0.4 is 0 Å². The maximum atomic E-state index is 15.2. The third kappa shape index (κ3) is 6.44. The summed E-state index contributed by atoms with van der Waals surface area (Å²) in [6.45, 7) is 8.04. The Morgan fingerprint density at radius 3 is 1.10 bits per heavy atom. The summed E-state index contributed by atoms with van der Waals surface area (Å²) in [5.74, 6) is 0. The van der Waals surface area contributed by atoms with Gasteiger partial charge >= 0.3 is 12.4 Å². The van der Waals surface area contributed by atoms with Gasteiger partial charge in [0.2, 0.25) is 0 Å². The highest BCUT2D eigenvalue weighted by Crippen LogP contribution is 2.45. The predicted octanol–water partition coefficient (Wildman–Crippen LogP) is 16.2. The minimum atomic E-state index is -4.75. The molecule has 0 N–H and O–H groups in total. The minimum absolute atomic E-state index is 0.129. The van der Waals surface area contributed by atoms with Crippen molar-refractivity contribution in [2.24, 2.45) is 0 Å². The smallest absolute Gasteiger partial charge is 0.309 e. The van der Waals surface area contributed by atoms with Gasteiger partial charge in [-0.3, -0.25) is 0 Å². The van der Waals surface area contributed by atoms with E-state index < -0.39 is 23.5 Å². The number of aryl methyl sites for hydroxylation is 4. The number of hydrogen-bond donors (Lipinski definition) is 0. The Morgan fingerprint density at radius 2 is 0.710 bits per heavy atom. The van der Waals surface area contributed by atoms with E-state index in [1.165, 1.54) is 24.3 Å². The molecule has 0 fully saturated rings. The molecular formula is C54H38F6N2. The van der Waals surface area contributed by atoms with Gasteiger partial charge in [-0.15, -0.1) is 0 Å². The number of rotatable bonds is 5. The molecule has 10 aromatic rings. The monoisotopic (exact) mass is 828 g/mol. The molecule has 0 aliphatic rings. The summed E-state index contributed by atoms with van der Waals surface area (Å²) in [5.41, 5.74) is 8.84. The van der Waals surface area contributed by atoms with Gasteiger partial charge in [0.05, 0.1) is 44.6 Å². The van der Waals surface area contributed by atoms with E-state index >= 15 is 26.3 Å². The second-order valence-corrected chi connectivity index (χ2v) is 16.3. The Morgan fingerprint density at radius 1 is 0.339 bits per heavy atom. The first kappa shape index (κ1) is 39.1. The van der Waals surface area contributed by atoms with E-state index in [0.717, 1.165) is 78.2 Å². The molecule has 0 saturated carbocycles. The van der Waals surface area contributed by atoms with Crippen molar-refractivity contribution in [1.82, 2.24) is 9.13 Å². The highest BCUT2D eigenvalue weighted by Gasteiger charge is 2.37. The van der Waals surface area contributed by atoms with Gasteiger partial charge in [-0.2, -0.15) is 26.3 Å². The Hall–Kier alpha value is -7.06. The fraction of sp³-hybridized carbons (Fsp3) is 0.111. The molecule has 0 aliphatic heterocycles. The average molecular weight is 829 g/mol. The zero-order valence-electron chi connectivity index (χ0n) is 34.2. The first-order valence-corrected chi connectivity index (χ1v) is 20.3. The normalized spacial score (nSPS) is 12.4. The van der Waals surface area contributed by atoms with Gasteiger partial charge in [-0.05, 0) is 121 Å². The van der Waals surface area contributed by atoms with Gasteiger partial charge in [0.15, 0.2) is 0 Å². The van der Waals surface area contributed by atoms with Crippen LogP contribution in [0, 0.1) is 27.7 Å². The fourth-order valence-electron chi connectivity index (χ4n) is 9.34. The molecule has 0 spiro atoms. The molecule has 0 unspecified atom stereocenters. The van der Waals surface area contributed by atoms with Gasteiger partial charge in [-0.1, -0.05) is 120 Å². The first-order chi connectivity index (χ1) is 29.7. The van der Waals surface area contributed by atoms with Crippen LogP contribution in [0.1, 0.15) is 33.4 Å². The molecule has 0 atom stereocenters. The van der Waals surface area contributed by atoms with Gasteiger partial charge in [0.25, 0.3) is 0 Å². The number of aromatic nitrogens is 2. The van der Waals surface area contributed by atoms with Crippen molar-refractivity contribution in [2.75, 3.05) is 0 Å². The zero-order chi connectivity index (χ0) is 43.2. The van der Waals surface area contributed by atoms with Crippen LogP contribution in [0.3, 0.4) is 0 Å². The highest BCUT2D eigenvalue weighted by molar-refractivity contribution is 6.11. The lowest BCUT2D eigenvalue weighted by Gasteiger charge is -2.20. The third-order valence-corrected chi connectivity index (χ3v) is 12.2. The molecule has 62 heavy (non-hydrogen) atoms. The van der Waals surface area contributed by atoms with Crippen LogP contribution in [0.25, 0.3) is 88.4 Å². The van der Waals surface area contributed by atoms with E-state index in [2.05, 4.69) is 12.1 Å². The molecule has 8 heteroatoms. The third-order valence-electron chi connectivity index (χ3n) is 12.2. The summed E-state index contributed by atoms with van der Waals surface area (Å²) >= 11 is 0. The number of benzene rings is 8. The van der Waals surface area contributed by atoms with E-state index in [-0.39, 0.29) is 11.4 Å². The van der Waals surface area contributed by atoms with Gasteiger partial charge in [0, 0.05) is 21.5 Å². The highest BCUT2D eigenvalue weighted by atomic mass is 19.4. The topological polar surface area (TPSA) is 9.86 Å². The van der Waals surface area contributed by atoms with Crippen LogP contribution in [-0.4, -0.2) is 9.13 Å². The summed E-state index contributed by atoms with van der Waals surface area (Å²) in [4.78, 5) is 0. The lowest BCUT2D eigenvalue weighted by Crippen LogP contribution is -2.12. The van der Waals surface area contributed by atoms with Gasteiger partial charge in [-0.25, -0.2) is 0 Å². The Labute approximate surface area is 353 Å². The number of hydrogen-bond acceptors (Lipinski definition) is 0. The second-order valence-electron chi connectivity index (χ2n) is 16.3. The average Bonchev–Trinajstić information content (AvgIpc) is 3.74. The van der Waals surface area contributed by atoms with E-state index in [9.17, 15) is 0 Å². The summed E-state index contributed by atoms with van der Waals surface area (Å²) in [7, 11) is 0. The van der Waals surface area contributed by atoms with E-state index in [0.29, 0.717) is 33.2 Å². The van der Waals surface area contributed by atoms with Crippen LogP contribution in [0.5, 0.6) is 0 Å². The lowest BCUT2D eigenvalue weighted by atomic mass is 9.97. The van der Waals surface area contributed by atoms with Crippen molar-refractivity contribution in [3.05, 3.63) is 191 Å². The number of fused-ring (bicyclic) bond motifs is 6. The van der Waals surface area contributed by atoms with Crippen molar-refractivity contribution in [2.45, 2.75) is 40.0 Å². The molecule has 0 saturated heterocycles. The van der Waals surface area contributed by atoms with Crippen molar-refractivity contribution in [3.63, 3.8) is 0 Å². The maximum absolute atomic E-state index is 15.2. The zero-order valence-corrected chi connectivity index (χ0v) is 34.2. The molecular weight excluding hydrogens is 791 g/mol. The molecule has 2 nitrogen and oxygen atoms in total. The quantitative estimate of drug-likeness (QED) is 0.153. The van der Waals surface area contributed by atoms with Crippen LogP contribution in [-0.2, 0) is 12.4 Å². The molecule has 2 aromatic heterocycles. The minimum Gasteiger partial charge on any atom is -0.309 e. The molecule has 8 aromatic carbocycles. The predicted molar refractivity (Wildman–Crippen MR) is 240 cm³/mol. The Balaban J connectivity index is 1.23.